The molecular formula is C18H20Cl6N2Si2. The lowest BCUT2D eigenvalue weighted by Gasteiger charge is -2.33. The lowest BCUT2D eigenvalue weighted by molar-refractivity contribution is 1.25. The minimum absolute atomic E-state index is 0.845. The molecule has 0 heterocycles. The SMILES string of the molecule is Cc1cccc(C)c1N(/C=C/N(c1c(C)cccc1C)[Si](Cl)(Cl)Cl)[Si](Cl)(Cl)Cl. The van der Waals surface area contributed by atoms with Crippen molar-refractivity contribution in [1.29, 1.82) is 0 Å². The summed E-state index contributed by atoms with van der Waals surface area (Å²) in [5, 5.41) is 0. The van der Waals surface area contributed by atoms with Crippen molar-refractivity contribution in [2.75, 3.05) is 9.13 Å². The van der Waals surface area contributed by atoms with Gasteiger partial charge < -0.3 is 9.13 Å². The maximum atomic E-state index is 6.42. The standard InChI is InChI=1S/C18H20Cl6N2Si2/c1-13-7-5-8-14(2)17(13)25(27(19,20)21)11-12-26(28(22,23)24)18-15(3)9-6-10-16(18)4/h5-12H,1-4H3/b12-11+. The Kier molecular flexibility index (Phi) is 8.13. The Morgan fingerprint density at radius 3 is 1.04 bits per heavy atom. The number of para-hydroxylation sites is 2. The molecule has 2 aromatic carbocycles. The summed E-state index contributed by atoms with van der Waals surface area (Å²) in [6, 6.07) is 11.8. The number of rotatable bonds is 6. The lowest BCUT2D eigenvalue weighted by Crippen LogP contribution is -2.40. The molecule has 0 aliphatic rings. The Balaban J connectivity index is 2.60. The van der Waals surface area contributed by atoms with Crippen molar-refractivity contribution in [2.24, 2.45) is 0 Å². The van der Waals surface area contributed by atoms with Gasteiger partial charge in [-0.1, -0.05) is 36.4 Å². The van der Waals surface area contributed by atoms with Gasteiger partial charge in [-0.3, -0.25) is 0 Å². The second kappa shape index (κ2) is 9.40. The van der Waals surface area contributed by atoms with Crippen molar-refractivity contribution in [3.8, 4) is 0 Å². The minimum atomic E-state index is -3.32. The molecule has 0 unspecified atom stereocenters. The van der Waals surface area contributed by atoms with Crippen LogP contribution in [0.15, 0.2) is 48.8 Å². The van der Waals surface area contributed by atoms with Crippen molar-refractivity contribution >= 4 is 90.2 Å². The van der Waals surface area contributed by atoms with E-state index in [4.69, 9.17) is 66.5 Å². The van der Waals surface area contributed by atoms with E-state index in [-0.39, 0.29) is 0 Å². The fraction of sp³-hybridized carbons (Fsp3) is 0.222. The maximum absolute atomic E-state index is 6.42. The average Bonchev–Trinajstić information content (AvgIpc) is 2.53. The summed E-state index contributed by atoms with van der Waals surface area (Å²) in [6.07, 6.45) is -3.24. The molecule has 2 rings (SSSR count). The van der Waals surface area contributed by atoms with Gasteiger partial charge in [0.25, 0.3) is 0 Å². The van der Waals surface area contributed by atoms with E-state index < -0.39 is 12.3 Å². The molecule has 2 nitrogen and oxygen atoms in total. The Morgan fingerprint density at radius 1 is 0.571 bits per heavy atom. The molecule has 0 atom stereocenters. The molecule has 28 heavy (non-hydrogen) atoms. The zero-order chi connectivity index (χ0) is 21.3. The Hall–Kier alpha value is -0.0462. The average molecular weight is 533 g/mol. The van der Waals surface area contributed by atoms with Crippen molar-refractivity contribution in [1.82, 2.24) is 0 Å². The van der Waals surface area contributed by atoms with E-state index in [1.54, 1.807) is 21.5 Å². The van der Waals surface area contributed by atoms with Crippen LogP contribution < -0.4 is 9.13 Å². The molecule has 0 aromatic heterocycles. The van der Waals surface area contributed by atoms with Crippen LogP contribution in [0.1, 0.15) is 22.3 Å². The van der Waals surface area contributed by atoms with E-state index in [0.717, 1.165) is 33.6 Å². The highest BCUT2D eigenvalue weighted by Crippen LogP contribution is 2.38. The first kappa shape index (κ1) is 24.2. The summed E-state index contributed by atoms with van der Waals surface area (Å²) in [5.74, 6) is 0. The normalized spacial score (nSPS) is 12.5. The van der Waals surface area contributed by atoms with Crippen LogP contribution in [0.2, 0.25) is 0 Å². The smallest absolute Gasteiger partial charge is 0.336 e. The van der Waals surface area contributed by atoms with Crippen LogP contribution in [-0.2, 0) is 0 Å². The van der Waals surface area contributed by atoms with Crippen molar-refractivity contribution in [3.05, 3.63) is 71.1 Å². The van der Waals surface area contributed by atoms with Gasteiger partial charge in [0.1, 0.15) is 0 Å². The number of benzene rings is 2. The van der Waals surface area contributed by atoms with Gasteiger partial charge in [0, 0.05) is 23.8 Å². The molecule has 0 aliphatic heterocycles. The Bertz CT molecular complexity index is 765. The van der Waals surface area contributed by atoms with Crippen molar-refractivity contribution in [2.45, 2.75) is 27.7 Å². The summed E-state index contributed by atoms with van der Waals surface area (Å²) in [7, 11) is 0. The summed E-state index contributed by atoms with van der Waals surface area (Å²) < 4.78 is 3.38. The Labute approximate surface area is 196 Å². The first-order valence-corrected chi connectivity index (χ1v) is 18.3. The van der Waals surface area contributed by atoms with Crippen LogP contribution in [0.5, 0.6) is 0 Å². The molecular weight excluding hydrogens is 513 g/mol. The second-order valence-electron chi connectivity index (χ2n) is 6.45. The second-order valence-corrected chi connectivity index (χ2v) is 22.6. The van der Waals surface area contributed by atoms with E-state index >= 15 is 0 Å². The summed E-state index contributed by atoms with van der Waals surface area (Å²) in [5.41, 5.74) is 5.67. The molecule has 2 aromatic rings. The quantitative estimate of drug-likeness (QED) is 0.274. The molecule has 0 bridgehead atoms. The number of halogens is 6. The highest BCUT2D eigenvalue weighted by atomic mass is 35.8. The largest absolute Gasteiger partial charge is 0.458 e. The third-order valence-corrected chi connectivity index (χ3v) is 9.39. The molecule has 0 spiro atoms. The van der Waals surface area contributed by atoms with Crippen LogP contribution in [0.4, 0.5) is 11.4 Å². The third-order valence-electron chi connectivity index (χ3n) is 4.27. The van der Waals surface area contributed by atoms with Crippen LogP contribution >= 0.6 is 66.5 Å². The number of hydrogen-bond acceptors (Lipinski definition) is 2. The fourth-order valence-corrected chi connectivity index (χ4v) is 7.30. The maximum Gasteiger partial charge on any atom is 0.458 e. The van der Waals surface area contributed by atoms with Gasteiger partial charge in [-0.15, -0.1) is 66.5 Å². The number of aryl methyl sites for hydroxylation is 4. The van der Waals surface area contributed by atoms with Gasteiger partial charge in [0.05, 0.1) is 0 Å². The number of anilines is 2. The summed E-state index contributed by atoms with van der Waals surface area (Å²) >= 11 is 38.5. The molecule has 10 heteroatoms. The van der Waals surface area contributed by atoms with Gasteiger partial charge in [-0.25, -0.2) is 0 Å². The van der Waals surface area contributed by atoms with Gasteiger partial charge in [-0.2, -0.15) is 0 Å². The lowest BCUT2D eigenvalue weighted by atomic mass is 10.1. The van der Waals surface area contributed by atoms with Crippen LogP contribution in [0, 0.1) is 27.7 Å². The third kappa shape index (κ3) is 5.76. The van der Waals surface area contributed by atoms with E-state index in [0.29, 0.717) is 0 Å². The van der Waals surface area contributed by atoms with Crippen molar-refractivity contribution in [3.63, 3.8) is 0 Å². The predicted molar refractivity (Wildman–Crippen MR) is 133 cm³/mol. The Morgan fingerprint density at radius 2 is 0.821 bits per heavy atom. The first-order chi connectivity index (χ1) is 12.8. The van der Waals surface area contributed by atoms with Gasteiger partial charge in [0.2, 0.25) is 0 Å². The van der Waals surface area contributed by atoms with E-state index in [2.05, 4.69) is 0 Å². The molecule has 0 saturated heterocycles. The van der Waals surface area contributed by atoms with E-state index in [1.807, 2.05) is 64.1 Å². The zero-order valence-corrected chi connectivity index (χ0v) is 22.3. The highest BCUT2D eigenvalue weighted by molar-refractivity contribution is 7.66. The minimum Gasteiger partial charge on any atom is -0.336 e. The number of nitrogens with zero attached hydrogens (tertiary/aromatic N) is 2. The van der Waals surface area contributed by atoms with Crippen LogP contribution in [0.3, 0.4) is 0 Å². The predicted octanol–water partition coefficient (Wildman–Crippen LogP) is 8.01. The van der Waals surface area contributed by atoms with Crippen LogP contribution in [0.25, 0.3) is 0 Å². The summed E-state index contributed by atoms with van der Waals surface area (Å²) in [6.45, 7) is 7.89. The van der Waals surface area contributed by atoms with E-state index in [1.165, 1.54) is 0 Å². The molecule has 0 aliphatic carbocycles. The summed E-state index contributed by atoms with van der Waals surface area (Å²) in [4.78, 5) is 0. The molecule has 0 amide bonds. The topological polar surface area (TPSA) is 6.48 Å². The molecule has 0 saturated carbocycles. The van der Waals surface area contributed by atoms with Crippen LogP contribution in [-0.4, -0.2) is 12.3 Å². The molecule has 0 radical (unpaired) electrons. The fourth-order valence-electron chi connectivity index (χ4n) is 3.08. The van der Waals surface area contributed by atoms with Gasteiger partial charge in [-0.05, 0) is 49.9 Å². The first-order valence-electron chi connectivity index (χ1n) is 8.37. The highest BCUT2D eigenvalue weighted by Gasteiger charge is 2.38. The van der Waals surface area contributed by atoms with Gasteiger partial charge in [0.15, 0.2) is 0 Å². The molecule has 152 valence electrons. The number of hydrogen-bond donors (Lipinski definition) is 0. The van der Waals surface area contributed by atoms with Crippen molar-refractivity contribution < 1.29 is 0 Å². The van der Waals surface area contributed by atoms with Gasteiger partial charge >= 0.3 is 12.3 Å². The zero-order valence-electron chi connectivity index (χ0n) is 15.8. The molecule has 0 fully saturated rings. The monoisotopic (exact) mass is 530 g/mol. The molecule has 0 N–H and O–H groups in total. The van der Waals surface area contributed by atoms with E-state index in [9.17, 15) is 0 Å².